The summed E-state index contributed by atoms with van der Waals surface area (Å²) < 4.78 is 132. The number of rotatable bonds is 8. The Labute approximate surface area is 252 Å². The van der Waals surface area contributed by atoms with Crippen molar-refractivity contribution in [1.29, 1.82) is 0 Å². The Morgan fingerprint density at radius 3 is 1.42 bits per heavy atom. The molecule has 0 aliphatic carbocycles. The first-order chi connectivity index (χ1) is 20.7. The van der Waals surface area contributed by atoms with Crippen LogP contribution in [0.25, 0.3) is 21.5 Å². The second-order valence-corrected chi connectivity index (χ2v) is 14.8. The van der Waals surface area contributed by atoms with E-state index in [0.29, 0.717) is 12.1 Å². The number of anilines is 4. The highest BCUT2D eigenvalue weighted by atomic mass is 32.2. The summed E-state index contributed by atoms with van der Waals surface area (Å²) >= 11 is 0. The summed E-state index contributed by atoms with van der Waals surface area (Å²) in [6, 6.07) is 10.5. The minimum atomic E-state index is -4.92. The zero-order chi connectivity index (χ0) is 33.1. The van der Waals surface area contributed by atoms with Gasteiger partial charge in [-0.1, -0.05) is 12.1 Å². The molecule has 4 aromatic carbocycles. The lowest BCUT2D eigenvalue weighted by atomic mass is 10.1. The van der Waals surface area contributed by atoms with Gasteiger partial charge in [-0.2, -0.15) is 43.6 Å². The summed E-state index contributed by atoms with van der Waals surface area (Å²) in [7, 11) is -19.6. The van der Waals surface area contributed by atoms with Crippen molar-refractivity contribution in [2.75, 3.05) is 10.6 Å². The lowest BCUT2D eigenvalue weighted by molar-refractivity contribution is 0.477. The maximum Gasteiger partial charge on any atom is 0.351 e. The summed E-state index contributed by atoms with van der Waals surface area (Å²) in [6.07, 6.45) is 0. The van der Waals surface area contributed by atoms with Gasteiger partial charge in [-0.15, -0.1) is 0 Å². The van der Waals surface area contributed by atoms with Gasteiger partial charge >= 0.3 is 5.69 Å². The fourth-order valence-corrected chi connectivity index (χ4v) is 6.98. The minimum Gasteiger partial charge on any atom is -0.326 e. The zero-order valence-electron chi connectivity index (χ0n) is 21.8. The molecule has 0 saturated carbocycles. The normalized spacial score (nSPS) is 12.8. The van der Waals surface area contributed by atoms with E-state index in [1.165, 1.54) is 36.4 Å². The van der Waals surface area contributed by atoms with Gasteiger partial charge in [-0.25, -0.2) is 4.79 Å². The molecule has 0 aliphatic rings. The molecule has 5 aromatic rings. The van der Waals surface area contributed by atoms with E-state index in [9.17, 15) is 56.7 Å². The number of hydrogen-bond donors (Lipinski definition) is 7. The van der Waals surface area contributed by atoms with Gasteiger partial charge in [-0.3, -0.25) is 23.2 Å². The van der Waals surface area contributed by atoms with Crippen LogP contribution in [0.4, 0.5) is 23.3 Å². The van der Waals surface area contributed by atoms with Gasteiger partial charge in [0.2, 0.25) is 11.9 Å². The van der Waals surface area contributed by atoms with Crippen molar-refractivity contribution in [1.82, 2.24) is 15.0 Å². The first-order valence-corrected chi connectivity index (χ1v) is 17.5. The van der Waals surface area contributed by atoms with Crippen LogP contribution in [0.15, 0.2) is 85.0 Å². The van der Waals surface area contributed by atoms with Crippen LogP contribution >= 0.6 is 0 Å². The van der Waals surface area contributed by atoms with Crippen LogP contribution in [-0.4, -0.2) is 66.8 Å². The number of hydrogen-bond acceptors (Lipinski definition) is 13. The van der Waals surface area contributed by atoms with Gasteiger partial charge < -0.3 is 10.6 Å². The smallest absolute Gasteiger partial charge is 0.326 e. The van der Waals surface area contributed by atoms with Crippen molar-refractivity contribution in [3.8, 4) is 0 Å². The van der Waals surface area contributed by atoms with E-state index in [1.807, 2.05) is 0 Å². The molecular formula is C23H17N5O13S4. The van der Waals surface area contributed by atoms with Crippen LogP contribution in [0.3, 0.4) is 0 Å². The minimum absolute atomic E-state index is 0.0535. The van der Waals surface area contributed by atoms with Crippen LogP contribution in [0.5, 0.6) is 0 Å². The zero-order valence-corrected chi connectivity index (χ0v) is 25.0. The highest BCUT2D eigenvalue weighted by molar-refractivity contribution is 7.87. The summed E-state index contributed by atoms with van der Waals surface area (Å²) in [6.45, 7) is 0. The molecule has 0 unspecified atom stereocenters. The topological polar surface area (TPSA) is 300 Å². The molecule has 0 atom stereocenters. The molecule has 0 amide bonds. The molecule has 0 aliphatic heterocycles. The lowest BCUT2D eigenvalue weighted by Gasteiger charge is -2.12. The molecule has 45 heavy (non-hydrogen) atoms. The lowest BCUT2D eigenvalue weighted by Crippen LogP contribution is -2.16. The molecule has 22 heteroatoms. The third-order valence-electron chi connectivity index (χ3n) is 6.10. The van der Waals surface area contributed by atoms with E-state index < -0.39 is 65.7 Å². The number of aromatic amines is 1. The van der Waals surface area contributed by atoms with Crippen LogP contribution in [-0.2, 0) is 40.5 Å². The monoisotopic (exact) mass is 699 g/mol. The summed E-state index contributed by atoms with van der Waals surface area (Å²) in [4.78, 5) is 19.1. The molecule has 0 fully saturated rings. The first kappa shape index (κ1) is 31.9. The van der Waals surface area contributed by atoms with Crippen molar-refractivity contribution < 1.29 is 51.9 Å². The Hall–Kier alpha value is -4.55. The van der Waals surface area contributed by atoms with Crippen molar-refractivity contribution in [2.45, 2.75) is 19.6 Å². The van der Waals surface area contributed by atoms with Gasteiger partial charge in [0, 0.05) is 22.1 Å². The van der Waals surface area contributed by atoms with E-state index in [1.54, 1.807) is 0 Å². The molecule has 7 N–H and O–H groups in total. The number of nitrogens with zero attached hydrogens (tertiary/aromatic N) is 2. The van der Waals surface area contributed by atoms with Gasteiger partial charge in [0.1, 0.15) is 9.79 Å². The van der Waals surface area contributed by atoms with Crippen molar-refractivity contribution in [3.63, 3.8) is 0 Å². The maximum atomic E-state index is 12.3. The number of aromatic nitrogens is 3. The quantitative estimate of drug-likeness (QED) is 0.114. The standard InChI is InChI=1S/C23H17N5O13S4/c29-23-27-21(24-13-1-3-17-11(5-13)7-15(42(30,31)32)9-19(17)44(36,37)38)26-22(28-23)25-14-2-4-18-12(6-14)8-16(43(33,34)35)10-20(18)45(39,40)41/h1-10H,(H,30,31,32)(H,33,34,35)(H,36,37,38)(H,39,40,41)(H3,24,25,26,27,28,29). The highest BCUT2D eigenvalue weighted by Crippen LogP contribution is 2.32. The van der Waals surface area contributed by atoms with Gasteiger partial charge in [0.15, 0.2) is 0 Å². The molecule has 0 saturated heterocycles. The first-order valence-electron chi connectivity index (χ1n) is 11.8. The SMILES string of the molecule is O=c1nc(Nc2ccc3c(S(=O)(=O)O)cc(S(=O)(=O)O)cc3c2)nc(Nc2ccc3c(S(=O)(=O)O)cc(S(=O)(=O)O)cc3c2)[nH]1. The van der Waals surface area contributed by atoms with Crippen LogP contribution in [0.1, 0.15) is 0 Å². The van der Waals surface area contributed by atoms with E-state index >= 15 is 0 Å². The number of H-pyrrole nitrogens is 1. The molecule has 5 rings (SSSR count). The Morgan fingerprint density at radius 2 is 1.00 bits per heavy atom. The van der Waals surface area contributed by atoms with Gasteiger partial charge in [0.25, 0.3) is 40.5 Å². The highest BCUT2D eigenvalue weighted by Gasteiger charge is 2.22. The Balaban J connectivity index is 1.52. The van der Waals surface area contributed by atoms with Crippen molar-refractivity contribution in [3.05, 3.63) is 71.1 Å². The van der Waals surface area contributed by atoms with E-state index in [-0.39, 0.29) is 44.8 Å². The molecule has 236 valence electrons. The largest absolute Gasteiger partial charge is 0.351 e. The molecule has 1 heterocycles. The summed E-state index contributed by atoms with van der Waals surface area (Å²) in [5, 5.41) is 5.05. The van der Waals surface area contributed by atoms with Crippen LogP contribution < -0.4 is 16.3 Å². The molecule has 0 bridgehead atoms. The molecule has 0 radical (unpaired) electrons. The summed E-state index contributed by atoms with van der Waals surface area (Å²) in [5.74, 6) is -0.564. The number of fused-ring (bicyclic) bond motifs is 2. The van der Waals surface area contributed by atoms with E-state index in [2.05, 4.69) is 25.6 Å². The Kier molecular flexibility index (Phi) is 7.65. The maximum absolute atomic E-state index is 12.3. The predicted molar refractivity (Wildman–Crippen MR) is 156 cm³/mol. The van der Waals surface area contributed by atoms with Crippen molar-refractivity contribution >= 4 is 85.3 Å². The molecule has 0 spiro atoms. The van der Waals surface area contributed by atoms with Gasteiger partial charge in [-0.05, 0) is 59.3 Å². The summed E-state index contributed by atoms with van der Waals surface area (Å²) in [5.41, 5.74) is -0.701. The third-order valence-corrected chi connectivity index (χ3v) is 9.55. The number of benzene rings is 4. The average molecular weight is 700 g/mol. The van der Waals surface area contributed by atoms with Crippen molar-refractivity contribution in [2.24, 2.45) is 0 Å². The fraction of sp³-hybridized carbons (Fsp3) is 0. The second kappa shape index (κ2) is 10.8. The Bertz CT molecular complexity index is 2400. The molecule has 1 aromatic heterocycles. The second-order valence-electron chi connectivity index (χ2n) is 9.19. The van der Waals surface area contributed by atoms with Gasteiger partial charge in [0.05, 0.1) is 9.79 Å². The van der Waals surface area contributed by atoms with E-state index in [0.717, 1.165) is 12.1 Å². The molecular weight excluding hydrogens is 683 g/mol. The van der Waals surface area contributed by atoms with Crippen LogP contribution in [0, 0.1) is 0 Å². The number of nitrogens with one attached hydrogen (secondary N) is 3. The average Bonchev–Trinajstić information content (AvgIpc) is 2.89. The Morgan fingerprint density at radius 1 is 0.556 bits per heavy atom. The molecule has 18 nitrogen and oxygen atoms in total. The third kappa shape index (κ3) is 6.91. The predicted octanol–water partition coefficient (Wildman–Crippen LogP) is 1.95. The van der Waals surface area contributed by atoms with E-state index in [4.69, 9.17) is 0 Å². The van der Waals surface area contributed by atoms with Crippen LogP contribution in [0.2, 0.25) is 0 Å². The fourth-order valence-electron chi connectivity index (χ4n) is 4.26.